The highest BCUT2D eigenvalue weighted by Gasteiger charge is 2.39. The molecule has 0 saturated heterocycles. The van der Waals surface area contributed by atoms with Crippen LogP contribution in [0.4, 0.5) is 0 Å². The molecular formula is C35H36O4S. The molecule has 1 aliphatic rings. The normalized spacial score (nSPS) is 18.6. The summed E-state index contributed by atoms with van der Waals surface area (Å²) in [5.74, 6) is 0.741. The Bertz CT molecular complexity index is 1310. The second kappa shape index (κ2) is 14.9. The second-order valence-electron chi connectivity index (χ2n) is 9.95. The molecule has 3 atom stereocenters. The van der Waals surface area contributed by atoms with E-state index in [1.54, 1.807) is 11.8 Å². The van der Waals surface area contributed by atoms with Gasteiger partial charge in [0.25, 0.3) is 0 Å². The van der Waals surface area contributed by atoms with Gasteiger partial charge < -0.3 is 18.9 Å². The lowest BCUT2D eigenvalue weighted by Crippen LogP contribution is -2.48. The molecule has 1 heterocycles. The summed E-state index contributed by atoms with van der Waals surface area (Å²) >= 11 is 1.78. The summed E-state index contributed by atoms with van der Waals surface area (Å²) in [5.41, 5.74) is 5.68. The molecule has 0 radical (unpaired) electrons. The molecule has 0 N–H and O–H groups in total. The van der Waals surface area contributed by atoms with Crippen LogP contribution in [0, 0.1) is 6.92 Å². The molecule has 0 unspecified atom stereocenters. The summed E-state index contributed by atoms with van der Waals surface area (Å²) < 4.78 is 25.7. The minimum atomic E-state index is -0.335. The highest BCUT2D eigenvalue weighted by Crippen LogP contribution is 2.31. The van der Waals surface area contributed by atoms with Gasteiger partial charge in [0.15, 0.2) is 0 Å². The molecule has 0 fully saturated rings. The van der Waals surface area contributed by atoms with Crippen LogP contribution >= 0.6 is 11.8 Å². The molecule has 1 aliphatic heterocycles. The molecule has 0 saturated carbocycles. The Balaban J connectivity index is 1.34. The monoisotopic (exact) mass is 552 g/mol. The third-order valence-electron chi connectivity index (χ3n) is 6.80. The molecule has 0 aliphatic carbocycles. The fourth-order valence-electron chi connectivity index (χ4n) is 4.57. The Morgan fingerprint density at radius 1 is 0.650 bits per heavy atom. The van der Waals surface area contributed by atoms with Gasteiger partial charge in [0.05, 0.1) is 32.7 Å². The Kier molecular flexibility index (Phi) is 10.5. The topological polar surface area (TPSA) is 36.9 Å². The summed E-state index contributed by atoms with van der Waals surface area (Å²) in [6.07, 6.45) is 0.955. The van der Waals surface area contributed by atoms with Crippen LogP contribution in [0.2, 0.25) is 0 Å². The first-order valence-electron chi connectivity index (χ1n) is 13.7. The minimum Gasteiger partial charge on any atom is -0.493 e. The number of hydrogen-bond donors (Lipinski definition) is 0. The first-order valence-corrected chi connectivity index (χ1v) is 14.7. The number of thioether (sulfide) groups is 1. The Labute approximate surface area is 241 Å². The van der Waals surface area contributed by atoms with Crippen molar-refractivity contribution in [1.82, 2.24) is 0 Å². The van der Waals surface area contributed by atoms with Gasteiger partial charge >= 0.3 is 0 Å². The molecule has 0 aromatic heterocycles. The average Bonchev–Trinajstić information content (AvgIpc) is 3.01. The van der Waals surface area contributed by atoms with Crippen LogP contribution in [-0.4, -0.2) is 30.7 Å². The Morgan fingerprint density at radius 3 is 1.80 bits per heavy atom. The number of benzene rings is 4. The molecular weight excluding hydrogens is 516 g/mol. The van der Waals surface area contributed by atoms with Gasteiger partial charge in [-0.05, 0) is 35.7 Å². The van der Waals surface area contributed by atoms with E-state index in [1.807, 2.05) is 60.9 Å². The van der Waals surface area contributed by atoms with Gasteiger partial charge in [-0.25, -0.2) is 0 Å². The first-order chi connectivity index (χ1) is 19.7. The highest BCUT2D eigenvalue weighted by atomic mass is 32.2. The quantitative estimate of drug-likeness (QED) is 0.159. The summed E-state index contributed by atoms with van der Waals surface area (Å²) in [6, 6.07) is 39.3. The Morgan fingerprint density at radius 2 is 1.20 bits per heavy atom. The van der Waals surface area contributed by atoms with Crippen molar-refractivity contribution in [2.75, 3.05) is 12.4 Å². The van der Waals surface area contributed by atoms with Crippen molar-refractivity contribution < 1.29 is 18.9 Å². The van der Waals surface area contributed by atoms with Crippen LogP contribution in [0.5, 0.6) is 0 Å². The van der Waals surface area contributed by atoms with Gasteiger partial charge in [-0.3, -0.25) is 0 Å². The standard InChI is InChI=1S/C35H36O4S/c1-27-17-19-32(20-18-27)40-26-31-24-37-33(25-36-21-28-11-5-2-6-12-28)35(39-23-30-15-9-4-10-16-30)34(31)38-22-29-13-7-3-8-14-29/h2-20,24,33-35H,21-23,25-26H2,1H3/t33-,34-,35-/m1/s1. The number of aryl methyl sites for hydroxylation is 1. The number of ether oxygens (including phenoxy) is 4. The molecule has 206 valence electrons. The zero-order valence-electron chi connectivity index (χ0n) is 22.9. The van der Waals surface area contributed by atoms with E-state index in [4.69, 9.17) is 18.9 Å². The number of hydrogen-bond acceptors (Lipinski definition) is 5. The van der Waals surface area contributed by atoms with Crippen LogP contribution < -0.4 is 0 Å². The van der Waals surface area contributed by atoms with E-state index in [1.165, 1.54) is 10.5 Å². The predicted molar refractivity (Wildman–Crippen MR) is 161 cm³/mol. The van der Waals surface area contributed by atoms with Crippen LogP contribution in [0.1, 0.15) is 22.3 Å². The third kappa shape index (κ3) is 8.33. The lowest BCUT2D eigenvalue weighted by atomic mass is 9.99. The third-order valence-corrected chi connectivity index (χ3v) is 7.89. The van der Waals surface area contributed by atoms with Crippen molar-refractivity contribution >= 4 is 11.8 Å². The van der Waals surface area contributed by atoms with Gasteiger partial charge in [-0.2, -0.15) is 0 Å². The van der Waals surface area contributed by atoms with Gasteiger partial charge in [-0.15, -0.1) is 11.8 Å². The molecule has 0 amide bonds. The predicted octanol–water partition coefficient (Wildman–Crippen LogP) is 7.76. The number of rotatable bonds is 13. The van der Waals surface area contributed by atoms with Crippen LogP contribution in [0.15, 0.2) is 132 Å². The fourth-order valence-corrected chi connectivity index (χ4v) is 5.46. The zero-order valence-corrected chi connectivity index (χ0v) is 23.7. The van der Waals surface area contributed by atoms with Gasteiger partial charge in [0, 0.05) is 16.2 Å². The minimum absolute atomic E-state index is 0.277. The van der Waals surface area contributed by atoms with Gasteiger partial charge in [-0.1, -0.05) is 109 Å². The van der Waals surface area contributed by atoms with Crippen LogP contribution in [0.3, 0.4) is 0 Å². The van der Waals surface area contributed by atoms with E-state index in [0.29, 0.717) is 26.4 Å². The lowest BCUT2D eigenvalue weighted by molar-refractivity contribution is -0.151. The maximum Gasteiger partial charge on any atom is 0.150 e. The van der Waals surface area contributed by atoms with E-state index in [9.17, 15) is 0 Å². The van der Waals surface area contributed by atoms with E-state index in [2.05, 4.69) is 67.6 Å². The van der Waals surface area contributed by atoms with Crippen molar-refractivity contribution in [3.05, 3.63) is 149 Å². The zero-order chi connectivity index (χ0) is 27.4. The molecule has 0 spiro atoms. The van der Waals surface area contributed by atoms with Crippen molar-refractivity contribution in [1.29, 1.82) is 0 Å². The van der Waals surface area contributed by atoms with Crippen LogP contribution in [0.25, 0.3) is 0 Å². The average molecular weight is 553 g/mol. The summed E-state index contributed by atoms with van der Waals surface area (Å²) in [7, 11) is 0. The first kappa shape index (κ1) is 28.2. The van der Waals surface area contributed by atoms with E-state index < -0.39 is 0 Å². The van der Waals surface area contributed by atoms with Gasteiger partial charge in [0.1, 0.15) is 18.3 Å². The van der Waals surface area contributed by atoms with E-state index in [-0.39, 0.29) is 18.3 Å². The largest absolute Gasteiger partial charge is 0.493 e. The molecule has 4 aromatic rings. The molecule has 4 aromatic carbocycles. The summed E-state index contributed by atoms with van der Waals surface area (Å²) in [5, 5.41) is 0. The van der Waals surface area contributed by atoms with Crippen molar-refractivity contribution in [2.45, 2.75) is 50.0 Å². The van der Waals surface area contributed by atoms with E-state index in [0.717, 1.165) is 28.0 Å². The maximum atomic E-state index is 6.64. The van der Waals surface area contributed by atoms with Crippen molar-refractivity contribution in [2.24, 2.45) is 0 Å². The van der Waals surface area contributed by atoms with Crippen molar-refractivity contribution in [3.8, 4) is 0 Å². The lowest BCUT2D eigenvalue weighted by Gasteiger charge is -2.38. The highest BCUT2D eigenvalue weighted by molar-refractivity contribution is 7.99. The molecule has 40 heavy (non-hydrogen) atoms. The smallest absolute Gasteiger partial charge is 0.150 e. The summed E-state index contributed by atoms with van der Waals surface area (Å²) in [6.45, 7) is 3.97. The summed E-state index contributed by atoms with van der Waals surface area (Å²) in [4.78, 5) is 1.21. The second-order valence-corrected chi connectivity index (χ2v) is 11.0. The molecule has 0 bridgehead atoms. The maximum absolute atomic E-state index is 6.64. The molecule has 4 nitrogen and oxygen atoms in total. The van der Waals surface area contributed by atoms with Crippen LogP contribution in [-0.2, 0) is 38.8 Å². The van der Waals surface area contributed by atoms with Gasteiger partial charge in [0.2, 0.25) is 0 Å². The SMILES string of the molecule is Cc1ccc(SCC2=CO[C@H](COCc3ccccc3)[C@@H](OCc3ccccc3)[C@@H]2OCc2ccccc2)cc1. The molecule has 5 rings (SSSR count). The molecule has 5 heteroatoms. The van der Waals surface area contributed by atoms with E-state index >= 15 is 0 Å². The fraction of sp³-hybridized carbons (Fsp3) is 0.257. The van der Waals surface area contributed by atoms with Crippen molar-refractivity contribution in [3.63, 3.8) is 0 Å². The Hall–Kier alpha value is -3.35.